The number of anilines is 1. The monoisotopic (exact) mass is 252 g/mol. The van der Waals surface area contributed by atoms with Gasteiger partial charge in [-0.1, -0.05) is 13.8 Å². The van der Waals surface area contributed by atoms with Crippen LogP contribution in [0.1, 0.15) is 54.9 Å². The van der Waals surface area contributed by atoms with Crippen LogP contribution in [0.2, 0.25) is 0 Å². The molecular weight excluding hydrogens is 232 g/mol. The summed E-state index contributed by atoms with van der Waals surface area (Å²) in [7, 11) is 2.09. The average molecular weight is 252 g/mol. The Morgan fingerprint density at radius 2 is 2.06 bits per heavy atom. The highest BCUT2D eigenvalue weighted by Gasteiger charge is 2.24. The minimum Gasteiger partial charge on any atom is -0.348 e. The highest BCUT2D eigenvalue weighted by Crippen LogP contribution is 2.32. The van der Waals surface area contributed by atoms with E-state index in [0.29, 0.717) is 12.5 Å². The summed E-state index contributed by atoms with van der Waals surface area (Å²) in [6, 6.07) is 0.526. The van der Waals surface area contributed by atoms with Crippen molar-refractivity contribution in [3.05, 3.63) is 10.6 Å². The first-order valence-corrected chi connectivity index (χ1v) is 7.24. The number of ketones is 1. The molecule has 0 fully saturated rings. The lowest BCUT2D eigenvalue weighted by atomic mass is 10.0. The summed E-state index contributed by atoms with van der Waals surface area (Å²) in [5, 5.41) is 1.01. The number of hydrogen-bond donors (Lipinski definition) is 0. The molecule has 0 atom stereocenters. The first-order chi connectivity index (χ1) is 8.17. The van der Waals surface area contributed by atoms with E-state index in [1.807, 2.05) is 0 Å². The zero-order chi connectivity index (χ0) is 12.4. The van der Waals surface area contributed by atoms with E-state index in [1.165, 1.54) is 4.88 Å². The van der Waals surface area contributed by atoms with Crippen molar-refractivity contribution in [1.82, 2.24) is 4.98 Å². The summed E-state index contributed by atoms with van der Waals surface area (Å²) in [6.07, 6.45) is 4.92. The second-order valence-electron chi connectivity index (χ2n) is 4.63. The van der Waals surface area contributed by atoms with Gasteiger partial charge in [-0.3, -0.25) is 4.79 Å². The first-order valence-electron chi connectivity index (χ1n) is 6.43. The van der Waals surface area contributed by atoms with Crippen LogP contribution in [-0.2, 0) is 6.42 Å². The number of nitrogens with zero attached hydrogens (tertiary/aromatic N) is 2. The third-order valence-electron chi connectivity index (χ3n) is 3.55. The average Bonchev–Trinajstić information content (AvgIpc) is 2.76. The van der Waals surface area contributed by atoms with E-state index >= 15 is 0 Å². The van der Waals surface area contributed by atoms with E-state index in [-0.39, 0.29) is 5.78 Å². The lowest BCUT2D eigenvalue weighted by molar-refractivity contribution is 0.0968. The second-order valence-corrected chi connectivity index (χ2v) is 5.69. The van der Waals surface area contributed by atoms with Gasteiger partial charge in [-0.05, 0) is 25.7 Å². The minimum absolute atomic E-state index is 0.228. The number of carbonyl (C=O) groups excluding carboxylic acids is 1. The fourth-order valence-electron chi connectivity index (χ4n) is 2.40. The maximum Gasteiger partial charge on any atom is 0.186 e. The lowest BCUT2D eigenvalue weighted by Gasteiger charge is -2.25. The van der Waals surface area contributed by atoms with Crippen LogP contribution in [0.15, 0.2) is 0 Å². The molecule has 3 nitrogen and oxygen atoms in total. The molecule has 17 heavy (non-hydrogen) atoms. The molecule has 1 aromatic rings. The van der Waals surface area contributed by atoms with Gasteiger partial charge in [0.05, 0.1) is 0 Å². The predicted octanol–water partition coefficient (Wildman–Crippen LogP) is 3.29. The van der Waals surface area contributed by atoms with Crippen LogP contribution in [-0.4, -0.2) is 23.9 Å². The van der Waals surface area contributed by atoms with E-state index in [9.17, 15) is 4.79 Å². The number of aromatic nitrogens is 1. The maximum absolute atomic E-state index is 11.8. The number of carbonyl (C=O) groups is 1. The number of aryl methyl sites for hydroxylation is 1. The molecule has 0 N–H and O–H groups in total. The van der Waals surface area contributed by atoms with Gasteiger partial charge in [0, 0.05) is 24.4 Å². The van der Waals surface area contributed by atoms with Gasteiger partial charge in [0.25, 0.3) is 0 Å². The van der Waals surface area contributed by atoms with E-state index < -0.39 is 0 Å². The zero-order valence-electron chi connectivity index (χ0n) is 10.8. The van der Waals surface area contributed by atoms with E-state index in [0.717, 1.165) is 36.5 Å². The van der Waals surface area contributed by atoms with Crippen molar-refractivity contribution in [1.29, 1.82) is 0 Å². The van der Waals surface area contributed by atoms with Gasteiger partial charge in [-0.25, -0.2) is 4.98 Å². The molecule has 0 saturated heterocycles. The SMILES string of the molecule is CCC(CC)N(C)c1nc2c(s1)CCCC2=O. The summed E-state index contributed by atoms with van der Waals surface area (Å²) in [5.41, 5.74) is 0.744. The van der Waals surface area contributed by atoms with Crippen molar-refractivity contribution in [3.63, 3.8) is 0 Å². The molecule has 1 aliphatic rings. The topological polar surface area (TPSA) is 33.2 Å². The van der Waals surface area contributed by atoms with Crippen molar-refractivity contribution >= 4 is 22.3 Å². The molecule has 94 valence electrons. The number of Topliss-reactive ketones (excluding diaryl/α,β-unsaturated/α-hetero) is 1. The number of hydrogen-bond acceptors (Lipinski definition) is 4. The Balaban J connectivity index is 2.25. The lowest BCUT2D eigenvalue weighted by Crippen LogP contribution is -2.30. The van der Waals surface area contributed by atoms with Gasteiger partial charge in [0.1, 0.15) is 5.69 Å². The standard InChI is InChI=1S/C13H20N2OS/c1-4-9(5-2)15(3)13-14-12-10(16)7-6-8-11(12)17-13/h9H,4-8H2,1-3H3. The summed E-state index contributed by atoms with van der Waals surface area (Å²) >= 11 is 1.70. The molecule has 2 rings (SSSR count). The summed E-state index contributed by atoms with van der Waals surface area (Å²) in [5.74, 6) is 0.228. The maximum atomic E-state index is 11.8. The molecule has 0 amide bonds. The Morgan fingerprint density at radius 3 is 2.65 bits per heavy atom. The van der Waals surface area contributed by atoms with E-state index in [2.05, 4.69) is 30.8 Å². The largest absolute Gasteiger partial charge is 0.348 e. The third-order valence-corrected chi connectivity index (χ3v) is 4.76. The Kier molecular flexibility index (Phi) is 3.82. The highest BCUT2D eigenvalue weighted by molar-refractivity contribution is 7.16. The van der Waals surface area contributed by atoms with Crippen molar-refractivity contribution in [2.75, 3.05) is 11.9 Å². The van der Waals surface area contributed by atoms with Crippen LogP contribution < -0.4 is 4.90 Å². The highest BCUT2D eigenvalue weighted by atomic mass is 32.1. The van der Waals surface area contributed by atoms with Crippen molar-refractivity contribution in [3.8, 4) is 0 Å². The van der Waals surface area contributed by atoms with Gasteiger partial charge in [0.2, 0.25) is 0 Å². The van der Waals surface area contributed by atoms with Crippen molar-refractivity contribution in [2.24, 2.45) is 0 Å². The van der Waals surface area contributed by atoms with E-state index in [4.69, 9.17) is 0 Å². The Bertz CT molecular complexity index is 410. The Hall–Kier alpha value is -0.900. The van der Waals surface area contributed by atoms with Crippen molar-refractivity contribution in [2.45, 2.75) is 52.0 Å². The number of fused-ring (bicyclic) bond motifs is 1. The fourth-order valence-corrected chi connectivity index (χ4v) is 3.55. The van der Waals surface area contributed by atoms with Crippen LogP contribution in [0.5, 0.6) is 0 Å². The number of thiazole rings is 1. The molecular formula is C13H20N2OS. The molecule has 0 aromatic carbocycles. The van der Waals surface area contributed by atoms with Crippen LogP contribution in [0.25, 0.3) is 0 Å². The van der Waals surface area contributed by atoms with Gasteiger partial charge >= 0.3 is 0 Å². The number of rotatable bonds is 4. The summed E-state index contributed by atoms with van der Waals surface area (Å²) in [6.45, 7) is 4.40. The molecule has 1 heterocycles. The molecule has 4 heteroatoms. The molecule has 0 aliphatic heterocycles. The van der Waals surface area contributed by atoms with Gasteiger partial charge in [-0.15, -0.1) is 11.3 Å². The quantitative estimate of drug-likeness (QED) is 0.824. The fraction of sp³-hybridized carbons (Fsp3) is 0.692. The van der Waals surface area contributed by atoms with Crippen LogP contribution in [0.3, 0.4) is 0 Å². The van der Waals surface area contributed by atoms with Crippen LogP contribution in [0, 0.1) is 0 Å². The molecule has 0 radical (unpaired) electrons. The molecule has 0 bridgehead atoms. The molecule has 0 saturated carbocycles. The smallest absolute Gasteiger partial charge is 0.186 e. The summed E-state index contributed by atoms with van der Waals surface area (Å²) < 4.78 is 0. The van der Waals surface area contributed by atoms with Crippen LogP contribution >= 0.6 is 11.3 Å². The van der Waals surface area contributed by atoms with Crippen LogP contribution in [0.4, 0.5) is 5.13 Å². The molecule has 1 aromatic heterocycles. The van der Waals surface area contributed by atoms with Crippen molar-refractivity contribution < 1.29 is 4.79 Å². The van der Waals surface area contributed by atoms with E-state index in [1.54, 1.807) is 11.3 Å². The first kappa shape index (κ1) is 12.6. The Labute approximate surface area is 107 Å². The molecule has 1 aliphatic carbocycles. The normalized spacial score (nSPS) is 15.2. The molecule has 0 unspecified atom stereocenters. The summed E-state index contributed by atoms with van der Waals surface area (Å²) in [4.78, 5) is 19.7. The molecule has 0 spiro atoms. The zero-order valence-corrected chi connectivity index (χ0v) is 11.6. The van der Waals surface area contributed by atoms with Gasteiger partial charge < -0.3 is 4.90 Å². The predicted molar refractivity (Wildman–Crippen MR) is 72.2 cm³/mol. The Morgan fingerprint density at radius 1 is 1.35 bits per heavy atom. The van der Waals surface area contributed by atoms with Gasteiger partial charge in [0.15, 0.2) is 10.9 Å². The van der Waals surface area contributed by atoms with Gasteiger partial charge in [-0.2, -0.15) is 0 Å². The minimum atomic E-state index is 0.228. The third kappa shape index (κ3) is 2.37. The second kappa shape index (κ2) is 5.17.